The van der Waals surface area contributed by atoms with Gasteiger partial charge in [0.2, 0.25) is 0 Å². The van der Waals surface area contributed by atoms with Gasteiger partial charge in [0.15, 0.2) is 0 Å². The van der Waals surface area contributed by atoms with Gasteiger partial charge < -0.3 is 23.7 Å². The van der Waals surface area contributed by atoms with Gasteiger partial charge in [-0.25, -0.2) is 9.59 Å². The van der Waals surface area contributed by atoms with Crippen LogP contribution in [0.1, 0.15) is 27.2 Å². The van der Waals surface area contributed by atoms with E-state index in [9.17, 15) is 9.59 Å². The van der Waals surface area contributed by atoms with Gasteiger partial charge in [-0.2, -0.15) is 0 Å². The van der Waals surface area contributed by atoms with Crippen LogP contribution in [0.4, 0.5) is 0 Å². The Bertz CT molecular complexity index is 315. The second-order valence-corrected chi connectivity index (χ2v) is 6.68. The average Bonchev–Trinajstić information content (AvgIpc) is 2.82. The quantitative estimate of drug-likeness (QED) is 0.385. The number of esters is 2. The summed E-state index contributed by atoms with van der Waals surface area (Å²) in [5.74, 6) is -1.16. The molecule has 0 fully saturated rings. The summed E-state index contributed by atoms with van der Waals surface area (Å²) in [6, 6.07) is 0.818. The second-order valence-electron chi connectivity index (χ2n) is 3.95. The molecule has 0 radical (unpaired) electrons. The van der Waals surface area contributed by atoms with Crippen molar-refractivity contribution in [1.82, 2.24) is 0 Å². The highest BCUT2D eigenvalue weighted by Gasteiger charge is 2.39. The monoisotopic (exact) mass is 319 g/mol. The van der Waals surface area contributed by atoms with Gasteiger partial charge in [-0.3, -0.25) is 0 Å². The van der Waals surface area contributed by atoms with Crippen LogP contribution in [0.5, 0.6) is 0 Å². The predicted molar refractivity (Wildman–Crippen MR) is 79.3 cm³/mol. The molecule has 1 aliphatic heterocycles. The molecular formula is C13H25NO6Si. The van der Waals surface area contributed by atoms with Crippen LogP contribution in [-0.2, 0) is 27.6 Å². The molecule has 0 spiro atoms. The molecule has 0 saturated heterocycles. The molecule has 2 N–H and O–H groups in total. The SMILES string of the molecule is CCO[Si](CCCN)(OCC)OCC.O=C1C=CC(=O)O1. The molecule has 1 heterocycles. The molecule has 122 valence electrons. The van der Waals surface area contributed by atoms with Crippen LogP contribution in [0.25, 0.3) is 0 Å². The summed E-state index contributed by atoms with van der Waals surface area (Å²) in [6.45, 7) is 8.44. The van der Waals surface area contributed by atoms with Gasteiger partial charge in [-0.15, -0.1) is 0 Å². The highest BCUT2D eigenvalue weighted by Crippen LogP contribution is 2.17. The Morgan fingerprint density at radius 3 is 1.67 bits per heavy atom. The number of hydrogen-bond donors (Lipinski definition) is 1. The van der Waals surface area contributed by atoms with E-state index in [1.165, 1.54) is 0 Å². The minimum absolute atomic E-state index is 0.579. The minimum Gasteiger partial charge on any atom is -0.387 e. The third-order valence-electron chi connectivity index (χ3n) is 2.34. The Balaban J connectivity index is 0.000000471. The lowest BCUT2D eigenvalue weighted by atomic mass is 10.5. The molecule has 21 heavy (non-hydrogen) atoms. The maximum absolute atomic E-state index is 9.92. The summed E-state index contributed by atoms with van der Waals surface area (Å²) in [5, 5.41) is 0. The molecule has 0 aromatic rings. The van der Waals surface area contributed by atoms with Crippen LogP contribution >= 0.6 is 0 Å². The van der Waals surface area contributed by atoms with Crippen molar-refractivity contribution in [3.05, 3.63) is 12.2 Å². The Morgan fingerprint density at radius 2 is 1.43 bits per heavy atom. The summed E-state index contributed by atoms with van der Waals surface area (Å²) >= 11 is 0. The van der Waals surface area contributed by atoms with Crippen molar-refractivity contribution < 1.29 is 27.6 Å². The highest BCUT2D eigenvalue weighted by molar-refractivity contribution is 6.60. The van der Waals surface area contributed by atoms with Crippen LogP contribution in [0.15, 0.2) is 12.2 Å². The molecule has 0 bridgehead atoms. The van der Waals surface area contributed by atoms with Crippen LogP contribution < -0.4 is 5.73 Å². The number of ether oxygens (including phenoxy) is 1. The van der Waals surface area contributed by atoms with Gasteiger partial charge in [-0.1, -0.05) is 0 Å². The molecule has 0 amide bonds. The first-order valence-corrected chi connectivity index (χ1v) is 9.02. The normalized spacial score (nSPS) is 13.9. The van der Waals surface area contributed by atoms with E-state index in [-0.39, 0.29) is 0 Å². The number of rotatable bonds is 9. The molecule has 0 unspecified atom stereocenters. The minimum atomic E-state index is -2.40. The van der Waals surface area contributed by atoms with E-state index in [1.807, 2.05) is 20.8 Å². The summed E-state index contributed by atoms with van der Waals surface area (Å²) in [7, 11) is -2.40. The lowest BCUT2D eigenvalue weighted by Gasteiger charge is -2.28. The fourth-order valence-electron chi connectivity index (χ4n) is 1.62. The Hall–Kier alpha value is -1.06. The van der Waals surface area contributed by atoms with Crippen molar-refractivity contribution in [2.24, 2.45) is 5.73 Å². The van der Waals surface area contributed by atoms with Gasteiger partial charge in [0.25, 0.3) is 0 Å². The molecular weight excluding hydrogens is 294 g/mol. The largest absolute Gasteiger partial charge is 0.500 e. The Labute approximate surface area is 126 Å². The van der Waals surface area contributed by atoms with E-state index in [4.69, 9.17) is 19.0 Å². The predicted octanol–water partition coefficient (Wildman–Crippen LogP) is 1.01. The number of carbonyl (C=O) groups excluding carboxylic acids is 2. The van der Waals surface area contributed by atoms with Crippen LogP contribution in [0.3, 0.4) is 0 Å². The van der Waals surface area contributed by atoms with E-state index >= 15 is 0 Å². The fourth-order valence-corrected chi connectivity index (χ4v) is 4.26. The summed E-state index contributed by atoms with van der Waals surface area (Å²) in [6.07, 6.45) is 3.07. The molecule has 7 nitrogen and oxygen atoms in total. The van der Waals surface area contributed by atoms with Crippen molar-refractivity contribution in [2.45, 2.75) is 33.2 Å². The zero-order valence-electron chi connectivity index (χ0n) is 12.9. The number of hydrogen-bond acceptors (Lipinski definition) is 7. The van der Waals surface area contributed by atoms with E-state index < -0.39 is 20.7 Å². The van der Waals surface area contributed by atoms with Crippen LogP contribution in [-0.4, -0.2) is 47.1 Å². The molecule has 0 aromatic heterocycles. The fraction of sp³-hybridized carbons (Fsp3) is 0.692. The zero-order valence-corrected chi connectivity index (χ0v) is 13.9. The Kier molecular flexibility index (Phi) is 11.0. The van der Waals surface area contributed by atoms with Gasteiger partial charge in [-0.05, 0) is 33.7 Å². The maximum atomic E-state index is 9.92. The van der Waals surface area contributed by atoms with Gasteiger partial charge in [0, 0.05) is 38.0 Å². The summed E-state index contributed by atoms with van der Waals surface area (Å²) in [4.78, 5) is 19.8. The molecule has 0 saturated carbocycles. The molecule has 1 rings (SSSR count). The molecule has 8 heteroatoms. The topological polar surface area (TPSA) is 97.1 Å². The van der Waals surface area contributed by atoms with Crippen molar-refractivity contribution >= 4 is 20.7 Å². The van der Waals surface area contributed by atoms with E-state index in [1.54, 1.807) is 0 Å². The third kappa shape index (κ3) is 8.74. The summed E-state index contributed by atoms with van der Waals surface area (Å²) < 4.78 is 20.9. The van der Waals surface area contributed by atoms with E-state index in [0.717, 1.165) is 24.6 Å². The van der Waals surface area contributed by atoms with Gasteiger partial charge in [0.1, 0.15) is 0 Å². The average molecular weight is 319 g/mol. The summed E-state index contributed by atoms with van der Waals surface area (Å²) in [5.41, 5.74) is 5.48. The zero-order chi connectivity index (χ0) is 16.1. The lowest BCUT2D eigenvalue weighted by molar-refractivity contribution is -0.150. The number of nitrogens with two attached hydrogens (primary N) is 1. The first-order chi connectivity index (χ1) is 10.0. The van der Waals surface area contributed by atoms with Crippen LogP contribution in [0.2, 0.25) is 6.04 Å². The smallest absolute Gasteiger partial charge is 0.387 e. The first-order valence-electron chi connectivity index (χ1n) is 7.09. The van der Waals surface area contributed by atoms with E-state index in [2.05, 4.69) is 4.74 Å². The van der Waals surface area contributed by atoms with Gasteiger partial charge in [0.05, 0.1) is 0 Å². The number of carbonyl (C=O) groups is 2. The van der Waals surface area contributed by atoms with Gasteiger partial charge >= 0.3 is 20.7 Å². The second kappa shape index (κ2) is 11.6. The first kappa shape index (κ1) is 19.9. The van der Waals surface area contributed by atoms with Crippen molar-refractivity contribution in [2.75, 3.05) is 26.4 Å². The number of cyclic esters (lactones) is 2. The van der Waals surface area contributed by atoms with Crippen molar-refractivity contribution in [1.29, 1.82) is 0 Å². The molecule has 0 atom stereocenters. The lowest BCUT2D eigenvalue weighted by Crippen LogP contribution is -2.46. The third-order valence-corrected chi connectivity index (χ3v) is 5.49. The van der Waals surface area contributed by atoms with Crippen molar-refractivity contribution in [3.8, 4) is 0 Å². The molecule has 0 aromatic carbocycles. The molecule has 1 aliphatic rings. The standard InChI is InChI=1S/C9H23NO3Si.C4H2O3/c1-4-11-14(12-5-2,13-6-3)9-7-8-10;5-3-1-2-4(6)7-3/h4-10H2,1-3H3;1-2H. The highest BCUT2D eigenvalue weighted by atomic mass is 28.4. The molecule has 0 aliphatic carbocycles. The van der Waals surface area contributed by atoms with E-state index in [0.29, 0.717) is 26.4 Å². The van der Waals surface area contributed by atoms with Crippen molar-refractivity contribution in [3.63, 3.8) is 0 Å². The van der Waals surface area contributed by atoms with Crippen LogP contribution in [0, 0.1) is 0 Å². The maximum Gasteiger partial charge on any atom is 0.500 e. The Morgan fingerprint density at radius 1 is 1.00 bits per heavy atom.